The first kappa shape index (κ1) is 12.4. The number of nitrogens with zero attached hydrogens (tertiary/aromatic N) is 1. The van der Waals surface area contributed by atoms with E-state index in [1.54, 1.807) is 0 Å². The van der Waals surface area contributed by atoms with E-state index in [9.17, 15) is 9.59 Å². The molecule has 16 heavy (non-hydrogen) atoms. The summed E-state index contributed by atoms with van der Waals surface area (Å²) in [5, 5.41) is 17.5. The summed E-state index contributed by atoms with van der Waals surface area (Å²) in [4.78, 5) is 26.5. The lowest BCUT2D eigenvalue weighted by atomic mass is 10.3. The summed E-state index contributed by atoms with van der Waals surface area (Å²) in [5.74, 6) is -0.416. The summed E-state index contributed by atoms with van der Waals surface area (Å²) in [5.41, 5.74) is -0.215. The van der Waals surface area contributed by atoms with Gasteiger partial charge in [-0.25, -0.2) is 0 Å². The number of H-pyrrole nitrogens is 1. The first-order valence-electron chi connectivity index (χ1n) is 4.89. The highest BCUT2D eigenvalue weighted by Gasteiger charge is 2.15. The van der Waals surface area contributed by atoms with Crippen LogP contribution in [0.3, 0.4) is 0 Å². The number of aromatic amines is 1. The van der Waals surface area contributed by atoms with Crippen LogP contribution in [0, 0.1) is 0 Å². The minimum Gasteiger partial charge on any atom is -0.395 e. The average molecular weight is 226 g/mol. The standard InChI is InChI=1S/C10H14N2O4/c13-6-4-12(5-7-14)10(16)8-2-1-3-9(15)11-8/h1-3,13-14H,4-7H2,(H,11,15). The summed E-state index contributed by atoms with van der Waals surface area (Å²) in [6.45, 7) is -0.141. The van der Waals surface area contributed by atoms with Crippen molar-refractivity contribution < 1.29 is 15.0 Å². The monoisotopic (exact) mass is 226 g/mol. The number of aromatic nitrogens is 1. The number of hydrogen-bond acceptors (Lipinski definition) is 4. The van der Waals surface area contributed by atoms with Crippen molar-refractivity contribution in [1.82, 2.24) is 9.88 Å². The highest BCUT2D eigenvalue weighted by atomic mass is 16.3. The summed E-state index contributed by atoms with van der Waals surface area (Å²) in [6.07, 6.45) is 0. The zero-order valence-corrected chi connectivity index (χ0v) is 8.72. The van der Waals surface area contributed by atoms with E-state index < -0.39 is 5.91 Å². The van der Waals surface area contributed by atoms with Gasteiger partial charge in [0, 0.05) is 19.2 Å². The van der Waals surface area contributed by atoms with Crippen LogP contribution >= 0.6 is 0 Å². The minimum atomic E-state index is -0.416. The number of hydrogen-bond donors (Lipinski definition) is 3. The van der Waals surface area contributed by atoms with Crippen molar-refractivity contribution in [3.05, 3.63) is 34.2 Å². The predicted octanol–water partition coefficient (Wildman–Crippen LogP) is -1.20. The number of carbonyl (C=O) groups excluding carboxylic acids is 1. The Kier molecular flexibility index (Phi) is 4.68. The van der Waals surface area contributed by atoms with Crippen LogP contribution in [0.1, 0.15) is 10.5 Å². The van der Waals surface area contributed by atoms with Gasteiger partial charge in [0.05, 0.1) is 13.2 Å². The van der Waals surface area contributed by atoms with Crippen molar-refractivity contribution in [3.8, 4) is 0 Å². The molecule has 0 bridgehead atoms. The quantitative estimate of drug-likeness (QED) is 0.588. The molecule has 0 aromatic carbocycles. The lowest BCUT2D eigenvalue weighted by Gasteiger charge is -2.20. The maximum absolute atomic E-state index is 11.8. The third-order valence-electron chi connectivity index (χ3n) is 2.03. The predicted molar refractivity (Wildman–Crippen MR) is 57.1 cm³/mol. The average Bonchev–Trinajstić information content (AvgIpc) is 2.28. The van der Waals surface area contributed by atoms with Gasteiger partial charge >= 0.3 is 0 Å². The zero-order chi connectivity index (χ0) is 12.0. The number of carbonyl (C=O) groups is 1. The molecule has 0 aliphatic carbocycles. The fourth-order valence-electron chi connectivity index (χ4n) is 1.30. The Morgan fingerprint density at radius 1 is 1.25 bits per heavy atom. The largest absolute Gasteiger partial charge is 0.395 e. The molecular formula is C10H14N2O4. The Labute approximate surface area is 92.1 Å². The Balaban J connectivity index is 2.85. The highest BCUT2D eigenvalue weighted by molar-refractivity contribution is 5.92. The Morgan fingerprint density at radius 2 is 1.88 bits per heavy atom. The molecule has 0 saturated carbocycles. The van der Waals surface area contributed by atoms with Gasteiger partial charge in [-0.15, -0.1) is 0 Å². The van der Waals surface area contributed by atoms with E-state index in [4.69, 9.17) is 10.2 Å². The van der Waals surface area contributed by atoms with Crippen LogP contribution in [-0.2, 0) is 0 Å². The topological polar surface area (TPSA) is 93.6 Å². The number of aliphatic hydroxyl groups excluding tert-OH is 2. The molecule has 1 aromatic rings. The molecule has 3 N–H and O–H groups in total. The SMILES string of the molecule is O=C(c1cccc(=O)[nH]1)N(CCO)CCO. The third kappa shape index (κ3) is 3.18. The second kappa shape index (κ2) is 6.04. The summed E-state index contributed by atoms with van der Waals surface area (Å²) < 4.78 is 0. The molecule has 1 heterocycles. The first-order valence-corrected chi connectivity index (χ1v) is 4.89. The van der Waals surface area contributed by atoms with Gasteiger partial charge in [-0.1, -0.05) is 6.07 Å². The van der Waals surface area contributed by atoms with Crippen LogP contribution in [0.15, 0.2) is 23.0 Å². The molecule has 0 radical (unpaired) electrons. The Bertz CT molecular complexity index is 396. The van der Waals surface area contributed by atoms with Crippen molar-refractivity contribution in [1.29, 1.82) is 0 Å². The molecular weight excluding hydrogens is 212 g/mol. The molecule has 6 nitrogen and oxygen atoms in total. The van der Waals surface area contributed by atoms with Crippen molar-refractivity contribution in [2.24, 2.45) is 0 Å². The molecule has 1 amide bonds. The fraction of sp³-hybridized carbons (Fsp3) is 0.400. The Morgan fingerprint density at radius 3 is 2.38 bits per heavy atom. The van der Waals surface area contributed by atoms with Gasteiger partial charge in [0.25, 0.3) is 5.91 Å². The van der Waals surface area contributed by atoms with Crippen LogP contribution in [0.25, 0.3) is 0 Å². The molecule has 0 spiro atoms. The van der Waals surface area contributed by atoms with E-state index in [0.29, 0.717) is 0 Å². The maximum Gasteiger partial charge on any atom is 0.270 e. The molecule has 88 valence electrons. The van der Waals surface area contributed by atoms with Crippen LogP contribution in [-0.4, -0.2) is 52.3 Å². The minimum absolute atomic E-state index is 0.121. The van der Waals surface area contributed by atoms with E-state index in [2.05, 4.69) is 4.98 Å². The summed E-state index contributed by atoms with van der Waals surface area (Å²) in [6, 6.07) is 4.26. The summed E-state index contributed by atoms with van der Waals surface area (Å²) in [7, 11) is 0. The van der Waals surface area contributed by atoms with Gasteiger partial charge in [0.2, 0.25) is 5.56 Å². The lowest BCUT2D eigenvalue weighted by Crippen LogP contribution is -2.36. The smallest absolute Gasteiger partial charge is 0.270 e. The van der Waals surface area contributed by atoms with E-state index in [1.165, 1.54) is 23.1 Å². The van der Waals surface area contributed by atoms with E-state index in [0.717, 1.165) is 0 Å². The van der Waals surface area contributed by atoms with Crippen molar-refractivity contribution >= 4 is 5.91 Å². The second-order valence-corrected chi connectivity index (χ2v) is 3.17. The first-order chi connectivity index (χ1) is 7.69. The Hall–Kier alpha value is -1.66. The van der Waals surface area contributed by atoms with Gasteiger partial charge in [0.1, 0.15) is 5.69 Å². The van der Waals surface area contributed by atoms with Gasteiger partial charge in [-0.3, -0.25) is 9.59 Å². The zero-order valence-electron chi connectivity index (χ0n) is 8.72. The molecule has 0 unspecified atom stereocenters. The highest BCUT2D eigenvalue weighted by Crippen LogP contribution is 1.99. The molecule has 1 aromatic heterocycles. The van der Waals surface area contributed by atoms with Gasteiger partial charge in [-0.05, 0) is 6.07 Å². The molecule has 6 heteroatoms. The van der Waals surface area contributed by atoms with Gasteiger partial charge < -0.3 is 20.1 Å². The lowest BCUT2D eigenvalue weighted by molar-refractivity contribution is 0.0678. The maximum atomic E-state index is 11.8. The molecule has 0 fully saturated rings. The van der Waals surface area contributed by atoms with Crippen molar-refractivity contribution in [2.75, 3.05) is 26.3 Å². The van der Waals surface area contributed by atoms with E-state index in [-0.39, 0.29) is 37.6 Å². The number of nitrogens with one attached hydrogen (secondary N) is 1. The number of amides is 1. The van der Waals surface area contributed by atoms with E-state index >= 15 is 0 Å². The summed E-state index contributed by atoms with van der Waals surface area (Å²) >= 11 is 0. The van der Waals surface area contributed by atoms with Crippen LogP contribution in [0.4, 0.5) is 0 Å². The number of pyridine rings is 1. The fourth-order valence-corrected chi connectivity index (χ4v) is 1.30. The van der Waals surface area contributed by atoms with Crippen LogP contribution in [0.2, 0.25) is 0 Å². The third-order valence-corrected chi connectivity index (χ3v) is 2.03. The van der Waals surface area contributed by atoms with E-state index in [1.807, 2.05) is 0 Å². The molecule has 0 aliphatic heterocycles. The second-order valence-electron chi connectivity index (χ2n) is 3.17. The number of rotatable bonds is 5. The molecule has 0 saturated heterocycles. The van der Waals surface area contributed by atoms with Gasteiger partial charge in [0.15, 0.2) is 0 Å². The molecule has 0 aliphatic rings. The molecule has 0 atom stereocenters. The van der Waals surface area contributed by atoms with Gasteiger partial charge in [-0.2, -0.15) is 0 Å². The number of aliphatic hydroxyl groups is 2. The van der Waals surface area contributed by atoms with Crippen molar-refractivity contribution in [2.45, 2.75) is 0 Å². The molecule has 1 rings (SSSR count). The van der Waals surface area contributed by atoms with Crippen LogP contribution in [0.5, 0.6) is 0 Å². The van der Waals surface area contributed by atoms with Crippen LogP contribution < -0.4 is 5.56 Å². The van der Waals surface area contributed by atoms with Crippen molar-refractivity contribution in [3.63, 3.8) is 0 Å². The normalized spacial score (nSPS) is 10.1.